The summed E-state index contributed by atoms with van der Waals surface area (Å²) in [4.78, 5) is 27.0. The predicted octanol–water partition coefficient (Wildman–Crippen LogP) is 1.70. The molecule has 1 saturated heterocycles. The van der Waals surface area contributed by atoms with E-state index in [4.69, 9.17) is 4.74 Å². The number of hydrogen-bond donors (Lipinski definition) is 2. The van der Waals surface area contributed by atoms with Crippen molar-refractivity contribution in [1.29, 1.82) is 0 Å². The Morgan fingerprint density at radius 2 is 1.81 bits per heavy atom. The van der Waals surface area contributed by atoms with Gasteiger partial charge < -0.3 is 15.4 Å². The van der Waals surface area contributed by atoms with Crippen molar-refractivity contribution in [1.82, 2.24) is 15.5 Å². The summed E-state index contributed by atoms with van der Waals surface area (Å²) in [6, 6.07) is 7.88. The first-order valence-electron chi connectivity index (χ1n) is 9.68. The molecular formula is C20H29N3O3. The Balaban J connectivity index is 1.51. The highest BCUT2D eigenvalue weighted by Crippen LogP contribution is 2.17. The molecule has 0 radical (unpaired) electrons. The van der Waals surface area contributed by atoms with Crippen LogP contribution in [-0.2, 0) is 16.1 Å². The van der Waals surface area contributed by atoms with Crippen LogP contribution in [0.25, 0.3) is 0 Å². The third kappa shape index (κ3) is 5.54. The molecule has 26 heavy (non-hydrogen) atoms. The number of rotatable bonds is 6. The van der Waals surface area contributed by atoms with Gasteiger partial charge in [0, 0.05) is 31.2 Å². The maximum Gasteiger partial charge on any atom is 0.252 e. The monoisotopic (exact) mass is 359 g/mol. The zero-order valence-electron chi connectivity index (χ0n) is 15.3. The summed E-state index contributed by atoms with van der Waals surface area (Å²) in [7, 11) is 0. The van der Waals surface area contributed by atoms with E-state index in [1.54, 1.807) is 0 Å². The van der Waals surface area contributed by atoms with Gasteiger partial charge in [-0.3, -0.25) is 14.5 Å². The van der Waals surface area contributed by atoms with Gasteiger partial charge in [-0.25, -0.2) is 0 Å². The molecule has 2 fully saturated rings. The molecule has 2 aliphatic rings. The molecule has 6 heteroatoms. The van der Waals surface area contributed by atoms with Crippen molar-refractivity contribution in [2.24, 2.45) is 0 Å². The summed E-state index contributed by atoms with van der Waals surface area (Å²) in [5.74, 6) is -0.288. The average molecular weight is 359 g/mol. The van der Waals surface area contributed by atoms with Crippen LogP contribution in [0.15, 0.2) is 24.3 Å². The summed E-state index contributed by atoms with van der Waals surface area (Å²) in [5.41, 5.74) is 1.63. The van der Waals surface area contributed by atoms with E-state index in [2.05, 4.69) is 15.5 Å². The van der Waals surface area contributed by atoms with E-state index in [-0.39, 0.29) is 24.4 Å². The number of ether oxygens (including phenoxy) is 1. The van der Waals surface area contributed by atoms with Gasteiger partial charge in [0.15, 0.2) is 0 Å². The minimum Gasteiger partial charge on any atom is -0.379 e. The van der Waals surface area contributed by atoms with Crippen LogP contribution in [-0.4, -0.2) is 55.6 Å². The molecular weight excluding hydrogens is 330 g/mol. The van der Waals surface area contributed by atoms with Gasteiger partial charge in [0.1, 0.15) is 0 Å². The van der Waals surface area contributed by atoms with Gasteiger partial charge in [0.25, 0.3) is 5.91 Å². The molecule has 1 saturated carbocycles. The number of morpholine rings is 1. The standard InChI is InChI=1S/C20H29N3O3/c24-19(22-17-7-2-1-3-8-17)14-21-20(25)18-9-5-4-6-16(18)15-23-10-12-26-13-11-23/h4-6,9,17H,1-3,7-8,10-15H2,(H,21,25)(H,22,24). The van der Waals surface area contributed by atoms with Gasteiger partial charge >= 0.3 is 0 Å². The molecule has 2 N–H and O–H groups in total. The maximum atomic E-state index is 12.6. The van der Waals surface area contributed by atoms with E-state index in [0.29, 0.717) is 5.56 Å². The third-order valence-corrected chi connectivity index (χ3v) is 5.14. The molecule has 3 rings (SSSR count). The lowest BCUT2D eigenvalue weighted by Crippen LogP contribution is -2.43. The molecule has 0 unspecified atom stereocenters. The second kappa shape index (κ2) is 9.69. The minimum atomic E-state index is -0.187. The Morgan fingerprint density at radius 1 is 1.08 bits per heavy atom. The molecule has 1 aliphatic carbocycles. The first kappa shape index (κ1) is 18.9. The van der Waals surface area contributed by atoms with E-state index in [0.717, 1.165) is 51.3 Å². The van der Waals surface area contributed by atoms with Gasteiger partial charge in [-0.2, -0.15) is 0 Å². The number of nitrogens with one attached hydrogen (secondary N) is 2. The predicted molar refractivity (Wildman–Crippen MR) is 99.9 cm³/mol. The zero-order valence-corrected chi connectivity index (χ0v) is 15.3. The molecule has 1 aromatic carbocycles. The van der Waals surface area contributed by atoms with Crippen molar-refractivity contribution in [3.63, 3.8) is 0 Å². The number of carbonyl (C=O) groups excluding carboxylic acids is 2. The summed E-state index contributed by atoms with van der Waals surface area (Å²) in [6.45, 7) is 3.97. The summed E-state index contributed by atoms with van der Waals surface area (Å²) >= 11 is 0. The molecule has 142 valence electrons. The fraction of sp³-hybridized carbons (Fsp3) is 0.600. The molecule has 1 aromatic rings. The van der Waals surface area contributed by atoms with Crippen LogP contribution >= 0.6 is 0 Å². The minimum absolute atomic E-state index is 0.0290. The first-order chi connectivity index (χ1) is 12.7. The topological polar surface area (TPSA) is 70.7 Å². The van der Waals surface area contributed by atoms with Crippen LogP contribution < -0.4 is 10.6 Å². The van der Waals surface area contributed by atoms with E-state index in [1.807, 2.05) is 24.3 Å². The highest BCUT2D eigenvalue weighted by molar-refractivity contribution is 5.97. The van der Waals surface area contributed by atoms with Crippen molar-refractivity contribution in [3.05, 3.63) is 35.4 Å². The number of hydrogen-bond acceptors (Lipinski definition) is 4. The Morgan fingerprint density at radius 3 is 2.58 bits per heavy atom. The van der Waals surface area contributed by atoms with Crippen molar-refractivity contribution in [2.45, 2.75) is 44.7 Å². The number of amides is 2. The quantitative estimate of drug-likeness (QED) is 0.811. The SMILES string of the molecule is O=C(CNC(=O)c1ccccc1CN1CCOCC1)NC1CCCCC1. The highest BCUT2D eigenvalue weighted by Gasteiger charge is 2.18. The van der Waals surface area contributed by atoms with Crippen LogP contribution in [0.3, 0.4) is 0 Å². The smallest absolute Gasteiger partial charge is 0.252 e. The number of nitrogens with zero attached hydrogens (tertiary/aromatic N) is 1. The van der Waals surface area contributed by atoms with Crippen LogP contribution in [0.5, 0.6) is 0 Å². The second-order valence-electron chi connectivity index (χ2n) is 7.13. The van der Waals surface area contributed by atoms with Gasteiger partial charge in [0.2, 0.25) is 5.91 Å². The van der Waals surface area contributed by atoms with Gasteiger partial charge in [-0.05, 0) is 24.5 Å². The molecule has 1 aliphatic heterocycles. The Hall–Kier alpha value is -1.92. The molecule has 6 nitrogen and oxygen atoms in total. The Kier molecular flexibility index (Phi) is 7.03. The lowest BCUT2D eigenvalue weighted by atomic mass is 9.95. The molecule has 2 amide bonds. The van der Waals surface area contributed by atoms with E-state index < -0.39 is 0 Å². The third-order valence-electron chi connectivity index (χ3n) is 5.14. The van der Waals surface area contributed by atoms with E-state index >= 15 is 0 Å². The van der Waals surface area contributed by atoms with Crippen LogP contribution in [0.2, 0.25) is 0 Å². The van der Waals surface area contributed by atoms with Crippen LogP contribution in [0, 0.1) is 0 Å². The van der Waals surface area contributed by atoms with Crippen molar-refractivity contribution >= 4 is 11.8 Å². The number of benzene rings is 1. The lowest BCUT2D eigenvalue weighted by Gasteiger charge is -2.27. The molecule has 0 bridgehead atoms. The highest BCUT2D eigenvalue weighted by atomic mass is 16.5. The number of carbonyl (C=O) groups is 2. The fourth-order valence-corrected chi connectivity index (χ4v) is 3.66. The van der Waals surface area contributed by atoms with Crippen molar-refractivity contribution in [3.8, 4) is 0 Å². The van der Waals surface area contributed by atoms with Gasteiger partial charge in [-0.1, -0.05) is 37.5 Å². The Bertz CT molecular complexity index is 608. The molecule has 0 aromatic heterocycles. The average Bonchev–Trinajstić information content (AvgIpc) is 2.68. The summed E-state index contributed by atoms with van der Waals surface area (Å²) in [6.07, 6.45) is 5.69. The second-order valence-corrected chi connectivity index (χ2v) is 7.13. The fourth-order valence-electron chi connectivity index (χ4n) is 3.66. The normalized spacial score (nSPS) is 19.1. The van der Waals surface area contributed by atoms with Crippen LogP contribution in [0.1, 0.15) is 48.0 Å². The van der Waals surface area contributed by atoms with Crippen molar-refractivity contribution in [2.75, 3.05) is 32.8 Å². The zero-order chi connectivity index (χ0) is 18.2. The lowest BCUT2D eigenvalue weighted by molar-refractivity contribution is -0.121. The maximum absolute atomic E-state index is 12.6. The largest absolute Gasteiger partial charge is 0.379 e. The van der Waals surface area contributed by atoms with Gasteiger partial charge in [0.05, 0.1) is 19.8 Å². The van der Waals surface area contributed by atoms with E-state index in [9.17, 15) is 9.59 Å². The molecule has 1 heterocycles. The Labute approximate surface area is 155 Å². The molecule has 0 spiro atoms. The van der Waals surface area contributed by atoms with Crippen LogP contribution in [0.4, 0.5) is 0 Å². The summed E-state index contributed by atoms with van der Waals surface area (Å²) < 4.78 is 5.38. The first-order valence-corrected chi connectivity index (χ1v) is 9.68. The van der Waals surface area contributed by atoms with Gasteiger partial charge in [-0.15, -0.1) is 0 Å². The molecule has 0 atom stereocenters. The summed E-state index contributed by atoms with van der Waals surface area (Å²) in [5, 5.41) is 5.80. The van der Waals surface area contributed by atoms with E-state index in [1.165, 1.54) is 19.3 Å². The van der Waals surface area contributed by atoms with Crippen molar-refractivity contribution < 1.29 is 14.3 Å².